The van der Waals surface area contributed by atoms with Gasteiger partial charge in [0.05, 0.1) is 6.07 Å². The van der Waals surface area contributed by atoms with Crippen molar-refractivity contribution in [1.82, 2.24) is 5.32 Å². The van der Waals surface area contributed by atoms with E-state index in [0.29, 0.717) is 6.04 Å². The van der Waals surface area contributed by atoms with E-state index >= 15 is 0 Å². The summed E-state index contributed by atoms with van der Waals surface area (Å²) in [5.74, 6) is -0.132. The standard InChI is InChI=1S/C11H18N2O/c1-11(2,8-12)10(14)13-9-6-4-3-5-7-9/h9H,3-7H2,1-2H3,(H,13,14). The van der Waals surface area contributed by atoms with Crippen LogP contribution in [0.4, 0.5) is 0 Å². The van der Waals surface area contributed by atoms with Crippen molar-refractivity contribution in [3.8, 4) is 6.07 Å². The highest BCUT2D eigenvalue weighted by Crippen LogP contribution is 2.20. The predicted molar refractivity (Wildman–Crippen MR) is 54.4 cm³/mol. The van der Waals surface area contributed by atoms with Crippen LogP contribution < -0.4 is 5.32 Å². The molecule has 78 valence electrons. The molecule has 3 nitrogen and oxygen atoms in total. The average molecular weight is 194 g/mol. The van der Waals surface area contributed by atoms with Crippen LogP contribution >= 0.6 is 0 Å². The second-order valence-electron chi connectivity index (χ2n) is 4.55. The first-order chi connectivity index (χ1) is 6.56. The van der Waals surface area contributed by atoms with Gasteiger partial charge in [-0.15, -0.1) is 0 Å². The van der Waals surface area contributed by atoms with Crippen LogP contribution in [0.5, 0.6) is 0 Å². The summed E-state index contributed by atoms with van der Waals surface area (Å²) in [6.45, 7) is 3.32. The molecule has 0 atom stereocenters. The van der Waals surface area contributed by atoms with Crippen molar-refractivity contribution in [2.75, 3.05) is 0 Å². The first-order valence-electron chi connectivity index (χ1n) is 5.28. The zero-order chi connectivity index (χ0) is 10.6. The summed E-state index contributed by atoms with van der Waals surface area (Å²) in [7, 11) is 0. The second kappa shape index (κ2) is 4.45. The molecule has 0 radical (unpaired) electrons. The van der Waals surface area contributed by atoms with Gasteiger partial charge in [0.25, 0.3) is 0 Å². The molecule has 1 fully saturated rings. The largest absolute Gasteiger partial charge is 0.352 e. The third-order valence-electron chi connectivity index (χ3n) is 2.79. The lowest BCUT2D eigenvalue weighted by atomic mass is 9.91. The Hall–Kier alpha value is -1.04. The molecular formula is C11H18N2O. The van der Waals surface area contributed by atoms with Gasteiger partial charge < -0.3 is 5.32 Å². The summed E-state index contributed by atoms with van der Waals surface area (Å²) in [4.78, 5) is 11.6. The number of carbonyl (C=O) groups excluding carboxylic acids is 1. The fourth-order valence-electron chi connectivity index (χ4n) is 1.66. The van der Waals surface area contributed by atoms with Gasteiger partial charge in [-0.3, -0.25) is 4.79 Å². The van der Waals surface area contributed by atoms with Crippen LogP contribution in [0, 0.1) is 16.7 Å². The van der Waals surface area contributed by atoms with E-state index in [9.17, 15) is 4.79 Å². The molecule has 0 aliphatic heterocycles. The number of hydrogen-bond acceptors (Lipinski definition) is 2. The SMILES string of the molecule is CC(C)(C#N)C(=O)NC1CCCCC1. The summed E-state index contributed by atoms with van der Waals surface area (Å²) >= 11 is 0. The molecule has 1 saturated carbocycles. The third-order valence-corrected chi connectivity index (χ3v) is 2.79. The summed E-state index contributed by atoms with van der Waals surface area (Å²) in [6, 6.07) is 2.31. The van der Waals surface area contributed by atoms with E-state index in [4.69, 9.17) is 5.26 Å². The Morgan fingerprint density at radius 3 is 2.43 bits per heavy atom. The number of rotatable bonds is 2. The zero-order valence-electron chi connectivity index (χ0n) is 8.97. The van der Waals surface area contributed by atoms with Gasteiger partial charge in [-0.05, 0) is 26.7 Å². The maximum Gasteiger partial charge on any atom is 0.240 e. The van der Waals surface area contributed by atoms with Gasteiger partial charge >= 0.3 is 0 Å². The van der Waals surface area contributed by atoms with Crippen molar-refractivity contribution in [3.05, 3.63) is 0 Å². The summed E-state index contributed by atoms with van der Waals surface area (Å²) in [5, 5.41) is 11.7. The molecule has 0 aromatic rings. The molecule has 0 heterocycles. The van der Waals surface area contributed by atoms with Crippen LogP contribution in [-0.2, 0) is 4.79 Å². The number of carbonyl (C=O) groups is 1. The first kappa shape index (κ1) is 11.0. The molecule has 14 heavy (non-hydrogen) atoms. The first-order valence-corrected chi connectivity index (χ1v) is 5.28. The molecule has 0 spiro atoms. The van der Waals surface area contributed by atoms with Gasteiger partial charge in [0.2, 0.25) is 5.91 Å². The van der Waals surface area contributed by atoms with E-state index in [1.165, 1.54) is 19.3 Å². The molecule has 0 bridgehead atoms. The third kappa shape index (κ3) is 2.73. The van der Waals surface area contributed by atoms with Crippen molar-refractivity contribution < 1.29 is 4.79 Å². The minimum absolute atomic E-state index is 0.132. The fraction of sp³-hybridized carbons (Fsp3) is 0.818. The number of nitrogens with zero attached hydrogens (tertiary/aromatic N) is 1. The summed E-state index contributed by atoms with van der Waals surface area (Å²) < 4.78 is 0. The van der Waals surface area contributed by atoms with Gasteiger partial charge in [-0.25, -0.2) is 0 Å². The van der Waals surface area contributed by atoms with Gasteiger partial charge in [0, 0.05) is 6.04 Å². The zero-order valence-corrected chi connectivity index (χ0v) is 8.97. The Kier molecular flexibility index (Phi) is 3.51. The number of amides is 1. The van der Waals surface area contributed by atoms with Crippen LogP contribution in [-0.4, -0.2) is 11.9 Å². The number of hydrogen-bond donors (Lipinski definition) is 1. The van der Waals surface area contributed by atoms with Crippen LogP contribution in [0.15, 0.2) is 0 Å². The number of nitriles is 1. The molecular weight excluding hydrogens is 176 g/mol. The van der Waals surface area contributed by atoms with Crippen molar-refractivity contribution in [2.24, 2.45) is 5.41 Å². The monoisotopic (exact) mass is 194 g/mol. The lowest BCUT2D eigenvalue weighted by Gasteiger charge is -2.25. The van der Waals surface area contributed by atoms with Gasteiger partial charge in [0.1, 0.15) is 5.41 Å². The van der Waals surface area contributed by atoms with Crippen LogP contribution in [0.2, 0.25) is 0 Å². The maximum absolute atomic E-state index is 11.6. The minimum Gasteiger partial charge on any atom is -0.352 e. The Bertz CT molecular complexity index is 247. The van der Waals surface area contributed by atoms with E-state index in [0.717, 1.165) is 12.8 Å². The van der Waals surface area contributed by atoms with Crippen molar-refractivity contribution in [1.29, 1.82) is 5.26 Å². The molecule has 0 aromatic carbocycles. The predicted octanol–water partition coefficient (Wildman–Crippen LogP) is 1.99. The lowest BCUT2D eigenvalue weighted by Crippen LogP contribution is -2.43. The molecule has 1 N–H and O–H groups in total. The molecule has 0 aromatic heterocycles. The highest BCUT2D eigenvalue weighted by molar-refractivity contribution is 5.84. The van der Waals surface area contributed by atoms with Gasteiger partial charge in [0.15, 0.2) is 0 Å². The Morgan fingerprint density at radius 2 is 1.93 bits per heavy atom. The van der Waals surface area contributed by atoms with Gasteiger partial charge in [-0.1, -0.05) is 19.3 Å². The van der Waals surface area contributed by atoms with Crippen LogP contribution in [0.25, 0.3) is 0 Å². The average Bonchev–Trinajstić information content (AvgIpc) is 2.19. The quantitative estimate of drug-likeness (QED) is 0.730. The topological polar surface area (TPSA) is 52.9 Å². The van der Waals surface area contributed by atoms with E-state index in [2.05, 4.69) is 5.32 Å². The fourth-order valence-corrected chi connectivity index (χ4v) is 1.66. The molecule has 1 rings (SSSR count). The summed E-state index contributed by atoms with van der Waals surface area (Å²) in [5.41, 5.74) is -0.891. The van der Waals surface area contributed by atoms with Gasteiger partial charge in [-0.2, -0.15) is 5.26 Å². The molecule has 1 amide bonds. The second-order valence-corrected chi connectivity index (χ2v) is 4.55. The highest BCUT2D eigenvalue weighted by atomic mass is 16.2. The van der Waals surface area contributed by atoms with Crippen LogP contribution in [0.1, 0.15) is 46.0 Å². The normalized spacial score (nSPS) is 18.6. The Labute approximate surface area is 85.5 Å². The maximum atomic E-state index is 11.6. The number of nitrogens with one attached hydrogen (secondary N) is 1. The molecule has 0 unspecified atom stereocenters. The lowest BCUT2D eigenvalue weighted by molar-refractivity contribution is -0.127. The minimum atomic E-state index is -0.891. The molecule has 1 aliphatic carbocycles. The van der Waals surface area contributed by atoms with E-state index in [1.807, 2.05) is 6.07 Å². The van der Waals surface area contributed by atoms with E-state index < -0.39 is 5.41 Å². The Morgan fingerprint density at radius 1 is 1.36 bits per heavy atom. The van der Waals surface area contributed by atoms with Crippen LogP contribution in [0.3, 0.4) is 0 Å². The molecule has 1 aliphatic rings. The van der Waals surface area contributed by atoms with Crippen molar-refractivity contribution in [2.45, 2.75) is 52.0 Å². The molecule has 3 heteroatoms. The van der Waals surface area contributed by atoms with Crippen molar-refractivity contribution in [3.63, 3.8) is 0 Å². The molecule has 0 saturated heterocycles. The van der Waals surface area contributed by atoms with E-state index in [1.54, 1.807) is 13.8 Å². The van der Waals surface area contributed by atoms with Crippen molar-refractivity contribution >= 4 is 5.91 Å². The van der Waals surface area contributed by atoms with E-state index in [-0.39, 0.29) is 5.91 Å². The highest BCUT2D eigenvalue weighted by Gasteiger charge is 2.29. The Balaban J connectivity index is 2.44. The summed E-state index contributed by atoms with van der Waals surface area (Å²) in [6.07, 6.45) is 5.78. The smallest absolute Gasteiger partial charge is 0.240 e.